The van der Waals surface area contributed by atoms with Gasteiger partial charge in [-0.15, -0.1) is 11.6 Å². The van der Waals surface area contributed by atoms with Gasteiger partial charge in [-0.05, 0) is 67.9 Å². The third kappa shape index (κ3) is 2.26. The lowest BCUT2D eigenvalue weighted by Gasteiger charge is -2.60. The van der Waals surface area contributed by atoms with Crippen molar-refractivity contribution in [2.75, 3.05) is 6.54 Å². The van der Waals surface area contributed by atoms with Crippen LogP contribution < -0.4 is 5.32 Å². The van der Waals surface area contributed by atoms with Gasteiger partial charge >= 0.3 is 0 Å². The molecule has 4 nitrogen and oxygen atoms in total. The summed E-state index contributed by atoms with van der Waals surface area (Å²) in [5.74, 6) is 1.52. The molecule has 4 aliphatic carbocycles. The molecule has 2 atom stereocenters. The van der Waals surface area contributed by atoms with Crippen LogP contribution in [0.2, 0.25) is 0 Å². The molecular formula is C19H22ClN3O. The number of alkyl halides is 1. The minimum atomic E-state index is -0.00591. The zero-order valence-corrected chi connectivity index (χ0v) is 14.4. The third-order valence-electron chi connectivity index (χ3n) is 6.43. The lowest BCUT2D eigenvalue weighted by atomic mass is 9.49. The molecule has 126 valence electrons. The van der Waals surface area contributed by atoms with Crippen LogP contribution in [0.1, 0.15) is 48.9 Å². The fraction of sp³-hybridized carbons (Fsp3) is 0.579. The van der Waals surface area contributed by atoms with Gasteiger partial charge in [0.25, 0.3) is 5.91 Å². The average Bonchev–Trinajstić information content (AvgIpc) is 2.94. The minimum Gasteiger partial charge on any atom is -0.351 e. The number of hydrogen-bond donors (Lipinski definition) is 2. The highest BCUT2D eigenvalue weighted by atomic mass is 35.5. The number of hydrogen-bond acceptors (Lipinski definition) is 2. The van der Waals surface area contributed by atoms with E-state index in [2.05, 4.69) is 15.3 Å². The number of carbonyl (C=O) groups is 1. The molecule has 1 amide bonds. The summed E-state index contributed by atoms with van der Waals surface area (Å²) in [6.07, 6.45) is 10.7. The first-order valence-electron chi connectivity index (χ1n) is 8.94. The Morgan fingerprint density at radius 2 is 2.12 bits per heavy atom. The van der Waals surface area contributed by atoms with Crippen molar-refractivity contribution in [3.05, 3.63) is 30.1 Å². The number of nitrogens with one attached hydrogen (secondary N) is 2. The van der Waals surface area contributed by atoms with Crippen LogP contribution in [0.4, 0.5) is 0 Å². The van der Waals surface area contributed by atoms with Crippen LogP contribution in [0, 0.1) is 17.3 Å². The van der Waals surface area contributed by atoms with E-state index in [0.717, 1.165) is 35.8 Å². The SMILES string of the molecule is O=C(NCC12C[C@H]3C[C@@H](CC(Cl)(C3)C1)C2)c1c[nH]c2ncccc12. The summed E-state index contributed by atoms with van der Waals surface area (Å²) in [6, 6.07) is 3.80. The first-order chi connectivity index (χ1) is 11.5. The number of carbonyl (C=O) groups excluding carboxylic acids is 1. The Bertz CT molecular complexity index is 800. The fourth-order valence-electron chi connectivity index (χ4n) is 6.05. The van der Waals surface area contributed by atoms with Crippen LogP contribution in [-0.4, -0.2) is 27.3 Å². The van der Waals surface area contributed by atoms with Crippen molar-refractivity contribution in [1.82, 2.24) is 15.3 Å². The summed E-state index contributed by atoms with van der Waals surface area (Å²) >= 11 is 6.89. The Hall–Kier alpha value is -1.55. The molecule has 4 bridgehead atoms. The molecule has 4 saturated carbocycles. The second-order valence-corrected chi connectivity index (χ2v) is 9.20. The molecule has 0 unspecified atom stereocenters. The lowest BCUT2D eigenvalue weighted by molar-refractivity contribution is -0.0379. The van der Waals surface area contributed by atoms with E-state index < -0.39 is 0 Å². The highest BCUT2D eigenvalue weighted by molar-refractivity contribution is 6.24. The van der Waals surface area contributed by atoms with Crippen LogP contribution in [0.3, 0.4) is 0 Å². The molecular weight excluding hydrogens is 322 g/mol. The maximum absolute atomic E-state index is 12.7. The van der Waals surface area contributed by atoms with Gasteiger partial charge in [0.15, 0.2) is 0 Å². The van der Waals surface area contributed by atoms with Gasteiger partial charge in [-0.3, -0.25) is 4.79 Å². The molecule has 6 rings (SSSR count). The summed E-state index contributed by atoms with van der Waals surface area (Å²) in [5.41, 5.74) is 1.66. The molecule has 2 aromatic rings. The van der Waals surface area contributed by atoms with E-state index in [0.29, 0.717) is 5.56 Å². The van der Waals surface area contributed by atoms with Crippen LogP contribution >= 0.6 is 11.6 Å². The zero-order valence-electron chi connectivity index (χ0n) is 13.6. The number of fused-ring (bicyclic) bond motifs is 1. The highest BCUT2D eigenvalue weighted by Crippen LogP contribution is 2.63. The summed E-state index contributed by atoms with van der Waals surface area (Å²) in [4.78, 5) is 20.0. The van der Waals surface area contributed by atoms with Gasteiger partial charge in [0.2, 0.25) is 0 Å². The van der Waals surface area contributed by atoms with E-state index in [4.69, 9.17) is 11.6 Å². The van der Waals surface area contributed by atoms with Crippen molar-refractivity contribution in [1.29, 1.82) is 0 Å². The molecule has 0 radical (unpaired) electrons. The smallest absolute Gasteiger partial charge is 0.253 e. The van der Waals surface area contributed by atoms with Crippen molar-refractivity contribution >= 4 is 28.5 Å². The highest BCUT2D eigenvalue weighted by Gasteiger charge is 2.56. The van der Waals surface area contributed by atoms with Crippen LogP contribution in [-0.2, 0) is 0 Å². The largest absolute Gasteiger partial charge is 0.351 e. The molecule has 4 fully saturated rings. The molecule has 24 heavy (non-hydrogen) atoms. The summed E-state index contributed by atoms with van der Waals surface area (Å²) in [7, 11) is 0. The van der Waals surface area contributed by atoms with Crippen molar-refractivity contribution < 1.29 is 4.79 Å². The fourth-order valence-corrected chi connectivity index (χ4v) is 6.77. The van der Waals surface area contributed by atoms with Crippen LogP contribution in [0.5, 0.6) is 0 Å². The second kappa shape index (κ2) is 4.98. The van der Waals surface area contributed by atoms with Gasteiger partial charge < -0.3 is 10.3 Å². The molecule has 2 heterocycles. The first-order valence-corrected chi connectivity index (χ1v) is 9.31. The van der Waals surface area contributed by atoms with Crippen molar-refractivity contribution in [2.24, 2.45) is 17.3 Å². The van der Waals surface area contributed by atoms with Crippen molar-refractivity contribution in [3.63, 3.8) is 0 Å². The van der Waals surface area contributed by atoms with Crippen LogP contribution in [0.25, 0.3) is 11.0 Å². The number of nitrogens with zero attached hydrogens (tertiary/aromatic N) is 1. The molecule has 0 saturated heterocycles. The van der Waals surface area contributed by atoms with Gasteiger partial charge in [0.05, 0.1) is 5.56 Å². The maximum atomic E-state index is 12.7. The third-order valence-corrected chi connectivity index (χ3v) is 6.87. The number of aromatic amines is 1. The first kappa shape index (κ1) is 14.8. The van der Waals surface area contributed by atoms with E-state index in [-0.39, 0.29) is 16.2 Å². The number of halogens is 1. The van der Waals surface area contributed by atoms with Gasteiger partial charge in [0.1, 0.15) is 5.65 Å². The molecule has 4 aliphatic rings. The van der Waals surface area contributed by atoms with Gasteiger partial charge in [-0.2, -0.15) is 0 Å². The second-order valence-electron chi connectivity index (χ2n) is 8.40. The zero-order chi connectivity index (χ0) is 16.4. The van der Waals surface area contributed by atoms with Gasteiger partial charge in [-0.1, -0.05) is 0 Å². The normalized spacial score (nSPS) is 37.0. The molecule has 0 aliphatic heterocycles. The Balaban J connectivity index is 1.35. The Kier molecular flexibility index (Phi) is 3.06. The van der Waals surface area contributed by atoms with Gasteiger partial charge in [0, 0.05) is 29.2 Å². The Morgan fingerprint density at radius 1 is 1.33 bits per heavy atom. The monoisotopic (exact) mass is 343 g/mol. The number of amides is 1. The van der Waals surface area contributed by atoms with E-state index in [1.807, 2.05) is 12.1 Å². The van der Waals surface area contributed by atoms with Crippen molar-refractivity contribution in [3.8, 4) is 0 Å². The Labute approximate surface area is 146 Å². The van der Waals surface area contributed by atoms with E-state index in [1.54, 1.807) is 12.4 Å². The minimum absolute atomic E-state index is 0.000484. The lowest BCUT2D eigenvalue weighted by Crippen LogP contribution is -2.56. The summed E-state index contributed by atoms with van der Waals surface area (Å²) in [6.45, 7) is 0.750. The summed E-state index contributed by atoms with van der Waals surface area (Å²) in [5, 5.41) is 4.09. The number of pyridine rings is 1. The van der Waals surface area contributed by atoms with E-state index in [1.165, 1.54) is 32.1 Å². The molecule has 2 N–H and O–H groups in total. The van der Waals surface area contributed by atoms with Crippen LogP contribution in [0.15, 0.2) is 24.5 Å². The molecule has 2 aromatic heterocycles. The number of H-pyrrole nitrogens is 1. The predicted molar refractivity (Wildman–Crippen MR) is 94.1 cm³/mol. The van der Waals surface area contributed by atoms with E-state index >= 15 is 0 Å². The Morgan fingerprint density at radius 3 is 2.88 bits per heavy atom. The average molecular weight is 344 g/mol. The molecule has 5 heteroatoms. The van der Waals surface area contributed by atoms with E-state index in [9.17, 15) is 4.79 Å². The topological polar surface area (TPSA) is 57.8 Å². The summed E-state index contributed by atoms with van der Waals surface area (Å²) < 4.78 is 0. The molecule has 0 spiro atoms. The number of aromatic nitrogens is 2. The van der Waals surface area contributed by atoms with Gasteiger partial charge in [-0.25, -0.2) is 4.98 Å². The number of rotatable bonds is 3. The predicted octanol–water partition coefficient (Wildman–Crippen LogP) is 3.87. The van der Waals surface area contributed by atoms with Crippen molar-refractivity contribution in [2.45, 2.75) is 43.4 Å². The maximum Gasteiger partial charge on any atom is 0.253 e. The quantitative estimate of drug-likeness (QED) is 0.831. The standard InChI is InChI=1S/C19H22ClN3O/c20-19-7-12-4-13(8-19)6-18(5-12,10-19)11-23-17(24)15-9-22-16-14(15)2-1-3-21-16/h1-3,9,12-13H,4-8,10-11H2,(H,21,22)(H,23,24)/t12-,13-,18?,19?/m1/s1. The molecule has 0 aromatic carbocycles.